The summed E-state index contributed by atoms with van der Waals surface area (Å²) in [5, 5.41) is 13.7. The van der Waals surface area contributed by atoms with Gasteiger partial charge in [-0.05, 0) is 77.6 Å². The summed E-state index contributed by atoms with van der Waals surface area (Å²) in [5.74, 6) is -2.49. The molecule has 0 radical (unpaired) electrons. The van der Waals surface area contributed by atoms with Gasteiger partial charge in [0.1, 0.15) is 5.72 Å². The molecule has 0 aliphatic heterocycles. The monoisotopic (exact) mass is 692 g/mol. The van der Waals surface area contributed by atoms with Gasteiger partial charge in [0.15, 0.2) is 0 Å². The van der Waals surface area contributed by atoms with Crippen molar-refractivity contribution in [3.05, 3.63) is 24.3 Å². The van der Waals surface area contributed by atoms with Gasteiger partial charge in [0.25, 0.3) is 0 Å². The minimum atomic E-state index is -1.67. The van der Waals surface area contributed by atoms with Gasteiger partial charge >= 0.3 is 17.8 Å². The molecule has 0 heterocycles. The molecular weight excluding hydrogens is 610 g/mol. The molecule has 0 aliphatic rings. The Morgan fingerprint density at radius 1 is 0.490 bits per heavy atom. The maximum Gasteiger partial charge on any atom is 0.320 e. The van der Waals surface area contributed by atoms with Crippen LogP contribution in [0, 0.1) is 0 Å². The van der Waals surface area contributed by atoms with E-state index in [-0.39, 0.29) is 19.3 Å². The minimum absolute atomic E-state index is 0.208. The van der Waals surface area contributed by atoms with Crippen molar-refractivity contribution in [3.63, 3.8) is 0 Å². The summed E-state index contributed by atoms with van der Waals surface area (Å²) >= 11 is 0. The number of ether oxygens (including phenoxy) is 2. The number of carbonyl (C=O) groups excluding carboxylic acids is 2. The van der Waals surface area contributed by atoms with Gasteiger partial charge in [-0.2, -0.15) is 0 Å². The van der Waals surface area contributed by atoms with Crippen molar-refractivity contribution in [2.45, 2.75) is 239 Å². The first-order chi connectivity index (χ1) is 23.7. The van der Waals surface area contributed by atoms with Crippen LogP contribution in [0.15, 0.2) is 24.3 Å². The number of esters is 2. The zero-order valence-corrected chi connectivity index (χ0v) is 33.1. The second kappa shape index (κ2) is 33.5. The molecule has 0 saturated heterocycles. The highest BCUT2D eigenvalue weighted by Gasteiger charge is 2.41. The molecule has 6 heteroatoms. The summed E-state index contributed by atoms with van der Waals surface area (Å²) < 4.78 is 11.5. The third-order valence-electron chi connectivity index (χ3n) is 9.46. The van der Waals surface area contributed by atoms with Crippen molar-refractivity contribution in [2.24, 2.45) is 0 Å². The van der Waals surface area contributed by atoms with Crippen LogP contribution >= 0.6 is 0 Å². The lowest BCUT2D eigenvalue weighted by atomic mass is 10.1. The second-order valence-corrected chi connectivity index (χ2v) is 14.5. The predicted molar refractivity (Wildman–Crippen MR) is 208 cm³/mol. The third-order valence-corrected chi connectivity index (χ3v) is 9.46. The molecule has 0 amide bonds. The molecule has 288 valence electrons. The summed E-state index contributed by atoms with van der Waals surface area (Å²) in [4.78, 5) is 25.7. The van der Waals surface area contributed by atoms with E-state index in [1.54, 1.807) is 13.8 Å². The van der Waals surface area contributed by atoms with Crippen molar-refractivity contribution < 1.29 is 24.2 Å². The van der Waals surface area contributed by atoms with E-state index >= 15 is 0 Å². The van der Waals surface area contributed by atoms with Crippen LogP contribution in [-0.2, 0) is 19.1 Å². The van der Waals surface area contributed by atoms with Crippen LogP contribution in [0.5, 0.6) is 0 Å². The van der Waals surface area contributed by atoms with E-state index in [2.05, 4.69) is 43.5 Å². The Balaban J connectivity index is 4.29. The van der Waals surface area contributed by atoms with Crippen LogP contribution in [0.2, 0.25) is 0 Å². The van der Waals surface area contributed by atoms with Gasteiger partial charge in [-0.3, -0.25) is 9.59 Å². The highest BCUT2D eigenvalue weighted by Crippen LogP contribution is 2.23. The van der Waals surface area contributed by atoms with Gasteiger partial charge in [0, 0.05) is 19.3 Å². The van der Waals surface area contributed by atoms with Gasteiger partial charge in [-0.25, -0.2) is 5.32 Å². The number of nitrogens with one attached hydrogen (secondary N) is 1. The molecule has 0 fully saturated rings. The SMILES string of the molecule is CCCCCCCCC=CCCCCCCCC(=O)OC(CC)(NC(C)(O)CC)OC(=O)CCCCCCCC=CCCCCCCCC. The molecule has 0 saturated carbocycles. The van der Waals surface area contributed by atoms with Crippen LogP contribution in [0.3, 0.4) is 0 Å². The molecule has 6 nitrogen and oxygen atoms in total. The zero-order valence-electron chi connectivity index (χ0n) is 33.1. The van der Waals surface area contributed by atoms with Crippen LogP contribution < -0.4 is 5.32 Å². The predicted octanol–water partition coefficient (Wildman–Crippen LogP) is 12.9. The van der Waals surface area contributed by atoms with Gasteiger partial charge in [0.05, 0.1) is 0 Å². The molecule has 0 aromatic heterocycles. The number of hydrogen-bond donors (Lipinski definition) is 2. The normalized spacial score (nSPS) is 14.3. The molecule has 1 unspecified atom stereocenters. The Morgan fingerprint density at radius 2 is 0.796 bits per heavy atom. The van der Waals surface area contributed by atoms with E-state index < -0.39 is 23.6 Å². The standard InChI is InChI=1S/C43H81NO5/c1-6-10-12-14-16-18-20-22-24-26-28-30-32-34-36-38-40(45)48-43(9-4,44-42(5,47)8-3)49-41(46)39-37-35-33-31-29-27-25-23-21-19-17-15-13-11-7-2/h22-25,44,47H,6-21,26-39H2,1-5H3. The third kappa shape index (κ3) is 30.9. The molecule has 0 aromatic rings. The summed E-state index contributed by atoms with van der Waals surface area (Å²) in [6, 6.07) is 0. The molecule has 0 bridgehead atoms. The molecule has 49 heavy (non-hydrogen) atoms. The number of allylic oxidation sites excluding steroid dienone is 4. The first-order valence-electron chi connectivity index (χ1n) is 21.0. The first-order valence-corrected chi connectivity index (χ1v) is 21.0. The summed E-state index contributed by atoms with van der Waals surface area (Å²) in [5.41, 5.74) is -1.34. The van der Waals surface area contributed by atoms with E-state index in [9.17, 15) is 14.7 Å². The number of aliphatic hydroxyl groups is 1. The molecule has 0 spiro atoms. The zero-order chi connectivity index (χ0) is 36.3. The second-order valence-electron chi connectivity index (χ2n) is 14.5. The number of carbonyl (C=O) groups is 2. The quantitative estimate of drug-likeness (QED) is 0.0294. The lowest BCUT2D eigenvalue weighted by Crippen LogP contribution is -2.60. The summed E-state index contributed by atoms with van der Waals surface area (Å²) in [6.07, 6.45) is 41.5. The van der Waals surface area contributed by atoms with E-state index in [0.29, 0.717) is 6.42 Å². The van der Waals surface area contributed by atoms with E-state index in [1.165, 1.54) is 103 Å². The summed E-state index contributed by atoms with van der Waals surface area (Å²) in [7, 11) is 0. The molecule has 0 aromatic carbocycles. The van der Waals surface area contributed by atoms with Crippen LogP contribution in [0.25, 0.3) is 0 Å². The van der Waals surface area contributed by atoms with Crippen molar-refractivity contribution >= 4 is 11.9 Å². The smallest absolute Gasteiger partial charge is 0.320 e. The highest BCUT2D eigenvalue weighted by molar-refractivity contribution is 5.72. The van der Waals surface area contributed by atoms with Gasteiger partial charge in [-0.1, -0.05) is 155 Å². The van der Waals surface area contributed by atoms with E-state index in [4.69, 9.17) is 9.47 Å². The largest absolute Gasteiger partial charge is 0.408 e. The maximum absolute atomic E-state index is 12.9. The van der Waals surface area contributed by atoms with E-state index in [0.717, 1.165) is 64.2 Å². The Morgan fingerprint density at radius 3 is 1.10 bits per heavy atom. The Hall–Kier alpha value is -1.66. The molecule has 0 aliphatic carbocycles. The van der Waals surface area contributed by atoms with Crippen molar-refractivity contribution in [2.75, 3.05) is 0 Å². The average molecular weight is 692 g/mol. The molecule has 1 atom stereocenters. The van der Waals surface area contributed by atoms with Crippen molar-refractivity contribution in [1.82, 2.24) is 5.32 Å². The minimum Gasteiger partial charge on any atom is -0.408 e. The summed E-state index contributed by atoms with van der Waals surface area (Å²) in [6.45, 7) is 9.74. The van der Waals surface area contributed by atoms with Crippen molar-refractivity contribution in [3.8, 4) is 0 Å². The number of hydrogen-bond acceptors (Lipinski definition) is 6. The average Bonchev–Trinajstić information content (AvgIpc) is 3.08. The van der Waals surface area contributed by atoms with Crippen molar-refractivity contribution in [1.29, 1.82) is 0 Å². The molecular formula is C43H81NO5. The van der Waals surface area contributed by atoms with E-state index in [1.807, 2.05) is 6.92 Å². The fourth-order valence-electron chi connectivity index (χ4n) is 5.95. The van der Waals surface area contributed by atoms with Gasteiger partial charge in [0.2, 0.25) is 0 Å². The maximum atomic E-state index is 12.9. The lowest BCUT2D eigenvalue weighted by molar-refractivity contribution is -0.261. The first kappa shape index (κ1) is 47.3. The highest BCUT2D eigenvalue weighted by atomic mass is 16.8. The molecule has 0 rings (SSSR count). The van der Waals surface area contributed by atoms with Crippen LogP contribution in [0.4, 0.5) is 0 Å². The Labute approximate surface area is 304 Å². The van der Waals surface area contributed by atoms with Crippen LogP contribution in [0.1, 0.15) is 227 Å². The Kier molecular flexibility index (Phi) is 32.3. The van der Waals surface area contributed by atoms with Crippen LogP contribution in [-0.4, -0.2) is 28.7 Å². The number of unbranched alkanes of at least 4 members (excludes halogenated alkanes) is 22. The van der Waals surface area contributed by atoms with Gasteiger partial charge < -0.3 is 14.6 Å². The van der Waals surface area contributed by atoms with Gasteiger partial charge in [-0.15, -0.1) is 0 Å². The number of rotatable bonds is 36. The fraction of sp³-hybridized carbons (Fsp3) is 0.860. The Bertz CT molecular complexity index is 767. The lowest BCUT2D eigenvalue weighted by Gasteiger charge is -2.38. The fourth-order valence-corrected chi connectivity index (χ4v) is 5.95. The molecule has 2 N–H and O–H groups in total. The topological polar surface area (TPSA) is 84.9 Å².